The van der Waals surface area contributed by atoms with Crippen LogP contribution >= 0.6 is 12.2 Å². The number of pyridine rings is 1. The van der Waals surface area contributed by atoms with E-state index < -0.39 is 5.97 Å². The lowest BCUT2D eigenvalue weighted by molar-refractivity contribution is -0.116. The van der Waals surface area contributed by atoms with E-state index in [-0.39, 0.29) is 30.0 Å². The number of aromatic nitrogens is 1. The highest BCUT2D eigenvalue weighted by atomic mass is 32.1. The molecule has 2 atom stereocenters. The van der Waals surface area contributed by atoms with Gasteiger partial charge in [-0.3, -0.25) is 9.78 Å². The molecule has 3 heterocycles. The zero-order chi connectivity index (χ0) is 26.6. The summed E-state index contributed by atoms with van der Waals surface area (Å²) in [4.78, 5) is 30.4. The second-order valence-corrected chi connectivity index (χ2v) is 9.46. The summed E-state index contributed by atoms with van der Waals surface area (Å²) >= 11 is 5.69. The Hall–Kier alpha value is -4.50. The van der Waals surface area contributed by atoms with Crippen molar-refractivity contribution < 1.29 is 19.1 Å². The summed E-state index contributed by atoms with van der Waals surface area (Å²) in [5, 5.41) is 16.0. The van der Waals surface area contributed by atoms with Crippen LogP contribution in [0.4, 0.5) is 5.69 Å². The number of carboxylic acids is 1. The Morgan fingerprint density at radius 1 is 1.05 bits per heavy atom. The third-order valence-corrected chi connectivity index (χ3v) is 6.80. The van der Waals surface area contributed by atoms with E-state index in [1.807, 2.05) is 66.4 Å². The minimum atomic E-state index is -0.984. The molecule has 8 nitrogen and oxygen atoms in total. The van der Waals surface area contributed by atoms with Gasteiger partial charge in [-0.15, -0.1) is 0 Å². The Balaban J connectivity index is 1.38. The number of rotatable bonds is 8. The SMILES string of the molecule is Cc1ccc(NC(=O)CCN2C(=S)N[C@@H](c3ccccn3)[C@H]2c2ccc(-c3ccc(C(=O)O)cc3)o2)cc1. The van der Waals surface area contributed by atoms with Gasteiger partial charge >= 0.3 is 5.97 Å². The monoisotopic (exact) mass is 526 g/mol. The highest BCUT2D eigenvalue weighted by molar-refractivity contribution is 7.80. The summed E-state index contributed by atoms with van der Waals surface area (Å²) < 4.78 is 6.28. The van der Waals surface area contributed by atoms with Crippen molar-refractivity contribution >= 4 is 34.9 Å². The summed E-state index contributed by atoms with van der Waals surface area (Å²) in [7, 11) is 0. The number of aromatic carboxylic acids is 1. The molecule has 2 aromatic heterocycles. The van der Waals surface area contributed by atoms with E-state index in [1.54, 1.807) is 30.5 Å². The summed E-state index contributed by atoms with van der Waals surface area (Å²) in [6, 6.07) is 23.0. The molecule has 3 N–H and O–H groups in total. The predicted molar refractivity (Wildman–Crippen MR) is 148 cm³/mol. The number of thiocarbonyl (C=S) groups is 1. The zero-order valence-corrected chi connectivity index (χ0v) is 21.4. The Kier molecular flexibility index (Phi) is 7.19. The number of carbonyl (C=O) groups is 2. The maximum absolute atomic E-state index is 12.7. The molecule has 38 heavy (non-hydrogen) atoms. The Bertz CT molecular complexity index is 1450. The van der Waals surface area contributed by atoms with Gasteiger partial charge in [0, 0.05) is 30.4 Å². The summed E-state index contributed by atoms with van der Waals surface area (Å²) in [5.41, 5.74) is 3.63. The molecule has 0 saturated carbocycles. The van der Waals surface area contributed by atoms with E-state index in [9.17, 15) is 14.7 Å². The number of aryl methyl sites for hydroxylation is 1. The first-order valence-corrected chi connectivity index (χ1v) is 12.6. The van der Waals surface area contributed by atoms with Crippen LogP contribution in [0.25, 0.3) is 11.3 Å². The van der Waals surface area contributed by atoms with Crippen molar-refractivity contribution in [2.75, 3.05) is 11.9 Å². The summed E-state index contributed by atoms with van der Waals surface area (Å²) in [6.45, 7) is 2.37. The second-order valence-electron chi connectivity index (χ2n) is 9.07. The first-order chi connectivity index (χ1) is 18.4. The number of nitrogens with one attached hydrogen (secondary N) is 2. The Morgan fingerprint density at radius 3 is 2.50 bits per heavy atom. The topological polar surface area (TPSA) is 108 Å². The van der Waals surface area contributed by atoms with Crippen molar-refractivity contribution in [2.45, 2.75) is 25.4 Å². The number of carbonyl (C=O) groups excluding carboxylic acids is 1. The number of hydrogen-bond acceptors (Lipinski definition) is 5. The maximum atomic E-state index is 12.7. The van der Waals surface area contributed by atoms with Gasteiger partial charge in [-0.1, -0.05) is 35.9 Å². The lowest BCUT2D eigenvalue weighted by Gasteiger charge is -2.25. The second kappa shape index (κ2) is 10.9. The van der Waals surface area contributed by atoms with Gasteiger partial charge in [0.15, 0.2) is 5.11 Å². The molecule has 1 fully saturated rings. The molecule has 1 amide bonds. The fourth-order valence-electron chi connectivity index (χ4n) is 4.48. The zero-order valence-electron chi connectivity index (χ0n) is 20.6. The van der Waals surface area contributed by atoms with Crippen LogP contribution in [0.3, 0.4) is 0 Å². The van der Waals surface area contributed by atoms with E-state index in [0.29, 0.717) is 23.2 Å². The van der Waals surface area contributed by atoms with Gasteiger partial charge in [0.1, 0.15) is 17.6 Å². The minimum Gasteiger partial charge on any atom is -0.478 e. The van der Waals surface area contributed by atoms with E-state index in [0.717, 1.165) is 22.5 Å². The highest BCUT2D eigenvalue weighted by Crippen LogP contribution is 2.40. The third kappa shape index (κ3) is 5.42. The largest absolute Gasteiger partial charge is 0.478 e. The fraction of sp³-hybridized carbons (Fsp3) is 0.172. The van der Waals surface area contributed by atoms with Crippen LogP contribution in [0.5, 0.6) is 0 Å². The molecule has 2 aromatic carbocycles. The number of benzene rings is 2. The van der Waals surface area contributed by atoms with Crippen LogP contribution < -0.4 is 10.6 Å². The number of hydrogen-bond donors (Lipinski definition) is 3. The summed E-state index contributed by atoms with van der Waals surface area (Å²) in [6.07, 6.45) is 1.96. The van der Waals surface area contributed by atoms with Gasteiger partial charge in [-0.2, -0.15) is 0 Å². The molecule has 5 rings (SSSR count). The van der Waals surface area contributed by atoms with Crippen LogP contribution in [0.15, 0.2) is 89.5 Å². The Morgan fingerprint density at radius 2 is 1.82 bits per heavy atom. The number of carboxylic acid groups (broad SMARTS) is 1. The van der Waals surface area contributed by atoms with Crippen molar-refractivity contribution in [3.05, 3.63) is 108 Å². The molecule has 1 saturated heterocycles. The molecular formula is C29H26N4O4S. The summed E-state index contributed by atoms with van der Waals surface area (Å²) in [5.74, 6) is 0.161. The van der Waals surface area contributed by atoms with Crippen molar-refractivity contribution in [1.29, 1.82) is 0 Å². The molecule has 0 spiro atoms. The van der Waals surface area contributed by atoms with Crippen LogP contribution in [0.2, 0.25) is 0 Å². The van der Waals surface area contributed by atoms with Gasteiger partial charge in [-0.25, -0.2) is 4.79 Å². The number of anilines is 1. The molecule has 9 heteroatoms. The van der Waals surface area contributed by atoms with E-state index in [1.165, 1.54) is 0 Å². The molecule has 0 unspecified atom stereocenters. The minimum absolute atomic E-state index is 0.115. The van der Waals surface area contributed by atoms with Crippen molar-refractivity contribution in [1.82, 2.24) is 15.2 Å². The lowest BCUT2D eigenvalue weighted by atomic mass is 10.0. The molecule has 0 aliphatic carbocycles. The van der Waals surface area contributed by atoms with E-state index in [2.05, 4.69) is 15.6 Å². The quantitative estimate of drug-likeness (QED) is 0.264. The van der Waals surface area contributed by atoms with Crippen LogP contribution in [0.1, 0.15) is 45.9 Å². The maximum Gasteiger partial charge on any atom is 0.335 e. The normalized spacial score (nSPS) is 16.8. The lowest BCUT2D eigenvalue weighted by Crippen LogP contribution is -2.32. The first-order valence-electron chi connectivity index (χ1n) is 12.2. The standard InChI is InChI=1S/C29H26N4O4S/c1-18-5-11-21(12-6-18)31-25(34)15-17-33-27(26(32-29(33)38)22-4-2-3-16-30-22)24-14-13-23(37-24)19-7-9-20(10-8-19)28(35)36/h2-14,16,26-27H,15,17H2,1H3,(H,31,34)(H,32,38)(H,35,36)/t26-,27+/m0/s1. The van der Waals surface area contributed by atoms with E-state index in [4.69, 9.17) is 16.6 Å². The smallest absolute Gasteiger partial charge is 0.335 e. The molecular weight excluding hydrogens is 500 g/mol. The molecule has 4 aromatic rings. The average molecular weight is 527 g/mol. The number of furan rings is 1. The van der Waals surface area contributed by atoms with Gasteiger partial charge in [0.25, 0.3) is 0 Å². The predicted octanol–water partition coefficient (Wildman–Crippen LogP) is 5.35. The average Bonchev–Trinajstić information content (AvgIpc) is 3.54. The first kappa shape index (κ1) is 25.2. The molecule has 1 aliphatic heterocycles. The number of nitrogens with zero attached hydrogens (tertiary/aromatic N) is 2. The highest BCUT2D eigenvalue weighted by Gasteiger charge is 2.41. The molecule has 0 radical (unpaired) electrons. The molecule has 192 valence electrons. The van der Waals surface area contributed by atoms with Gasteiger partial charge < -0.3 is 25.1 Å². The van der Waals surface area contributed by atoms with Gasteiger partial charge in [0.05, 0.1) is 17.3 Å². The van der Waals surface area contributed by atoms with E-state index >= 15 is 0 Å². The van der Waals surface area contributed by atoms with Gasteiger partial charge in [0.2, 0.25) is 5.91 Å². The Labute approximate surface area is 225 Å². The van der Waals surface area contributed by atoms with Crippen LogP contribution in [-0.4, -0.2) is 38.5 Å². The van der Waals surface area contributed by atoms with Crippen LogP contribution in [-0.2, 0) is 4.79 Å². The van der Waals surface area contributed by atoms with Gasteiger partial charge in [-0.05, 0) is 67.7 Å². The third-order valence-electron chi connectivity index (χ3n) is 6.45. The van der Waals surface area contributed by atoms with Crippen molar-refractivity contribution in [2.24, 2.45) is 0 Å². The number of amides is 1. The van der Waals surface area contributed by atoms with Crippen molar-refractivity contribution in [3.63, 3.8) is 0 Å². The molecule has 1 aliphatic rings. The van der Waals surface area contributed by atoms with Crippen molar-refractivity contribution in [3.8, 4) is 11.3 Å². The fourth-order valence-corrected chi connectivity index (χ4v) is 4.81. The van der Waals surface area contributed by atoms with Crippen LogP contribution in [0, 0.1) is 6.92 Å². The molecule has 0 bridgehead atoms.